The summed E-state index contributed by atoms with van der Waals surface area (Å²) in [6, 6.07) is 0. The van der Waals surface area contributed by atoms with Crippen molar-refractivity contribution in [2.75, 3.05) is 6.61 Å². The van der Waals surface area contributed by atoms with Crippen molar-refractivity contribution in [3.05, 3.63) is 0 Å². The summed E-state index contributed by atoms with van der Waals surface area (Å²) in [6.07, 6.45) is -0.504. The van der Waals surface area contributed by atoms with Gasteiger partial charge in [0, 0.05) is 5.41 Å². The Morgan fingerprint density at radius 3 is 1.81 bits per heavy atom. The van der Waals surface area contributed by atoms with E-state index >= 15 is 0 Å². The van der Waals surface area contributed by atoms with Crippen molar-refractivity contribution in [3.63, 3.8) is 0 Å². The maximum atomic E-state index is 13.9. The van der Waals surface area contributed by atoms with Gasteiger partial charge in [0.2, 0.25) is 0 Å². The van der Waals surface area contributed by atoms with E-state index in [4.69, 9.17) is 0 Å². The first kappa shape index (κ1) is 20.3. The fraction of sp³-hybridized carbons (Fsp3) is 0.867. The van der Waals surface area contributed by atoms with Crippen LogP contribution in [0.25, 0.3) is 0 Å². The van der Waals surface area contributed by atoms with Gasteiger partial charge in [0.25, 0.3) is 0 Å². The monoisotopic (exact) mass is 419 g/mol. The van der Waals surface area contributed by atoms with E-state index in [0.29, 0.717) is 37.0 Å². The van der Waals surface area contributed by atoms with Crippen LogP contribution < -0.4 is 4.72 Å². The Bertz CT molecular complexity index is 713. The van der Waals surface area contributed by atoms with Crippen molar-refractivity contribution in [2.45, 2.75) is 50.0 Å². The van der Waals surface area contributed by atoms with E-state index in [-0.39, 0.29) is 4.72 Å². The minimum atomic E-state index is -6.25. The second-order valence-corrected chi connectivity index (χ2v) is 9.67. The molecule has 6 nitrogen and oxygen atoms in total. The average molecular weight is 419 g/mol. The number of ether oxygens (including phenoxy) is 1. The van der Waals surface area contributed by atoms with E-state index in [2.05, 4.69) is 4.74 Å². The van der Waals surface area contributed by atoms with Gasteiger partial charge >= 0.3 is 33.3 Å². The van der Waals surface area contributed by atoms with Crippen LogP contribution in [0.4, 0.5) is 22.0 Å². The zero-order chi connectivity index (χ0) is 20.3. The summed E-state index contributed by atoms with van der Waals surface area (Å²) < 4.78 is 91.5. The largest absolute Gasteiger partial charge is 0.472 e. The number of halogens is 5. The molecule has 0 atom stereocenters. The van der Waals surface area contributed by atoms with Crippen molar-refractivity contribution in [1.29, 1.82) is 0 Å². The normalized spacial score (nSPS) is 33.0. The highest BCUT2D eigenvalue weighted by molar-refractivity contribution is 7.91. The van der Waals surface area contributed by atoms with Crippen LogP contribution in [0.2, 0.25) is 0 Å². The molecule has 0 aliphatic heterocycles. The fourth-order valence-electron chi connectivity index (χ4n) is 5.12. The van der Waals surface area contributed by atoms with Crippen LogP contribution >= 0.6 is 0 Å². The molecule has 4 fully saturated rings. The maximum Gasteiger partial charge on any atom is 0.472 e. The zero-order valence-corrected chi connectivity index (χ0v) is 14.8. The van der Waals surface area contributed by atoms with Crippen molar-refractivity contribution in [1.82, 2.24) is 4.72 Å². The summed E-state index contributed by atoms with van der Waals surface area (Å²) in [5, 5.41) is -5.32. The first-order valence-electron chi connectivity index (χ1n) is 8.43. The molecular formula is C15H18F5NO5S. The van der Waals surface area contributed by atoms with Crippen molar-refractivity contribution >= 4 is 21.9 Å². The maximum absolute atomic E-state index is 13.9. The number of carbonyl (C=O) groups is 2. The molecule has 4 rings (SSSR count). The summed E-state index contributed by atoms with van der Waals surface area (Å²) in [7, 11) is -6.25. The molecule has 4 aliphatic rings. The first-order chi connectivity index (χ1) is 12.2. The molecule has 0 spiro atoms. The first-order valence-corrected chi connectivity index (χ1v) is 9.91. The van der Waals surface area contributed by atoms with Crippen LogP contribution in [0.3, 0.4) is 0 Å². The van der Waals surface area contributed by atoms with E-state index < -0.39 is 45.4 Å². The van der Waals surface area contributed by atoms with Crippen molar-refractivity contribution in [2.24, 2.45) is 23.2 Å². The van der Waals surface area contributed by atoms with Gasteiger partial charge in [0.1, 0.15) is 0 Å². The second kappa shape index (κ2) is 6.28. The topological polar surface area (TPSA) is 89.5 Å². The third-order valence-electron chi connectivity index (χ3n) is 5.73. The molecule has 12 heteroatoms. The summed E-state index contributed by atoms with van der Waals surface area (Å²) >= 11 is 0. The predicted molar refractivity (Wildman–Crippen MR) is 79.6 cm³/mol. The number of hydrogen-bond acceptors (Lipinski definition) is 5. The highest BCUT2D eigenvalue weighted by Crippen LogP contribution is 2.60. The molecule has 0 saturated heterocycles. The molecule has 4 bridgehead atoms. The third-order valence-corrected chi connectivity index (χ3v) is 7.03. The highest BCUT2D eigenvalue weighted by atomic mass is 32.2. The Balaban J connectivity index is 1.65. The molecule has 27 heavy (non-hydrogen) atoms. The van der Waals surface area contributed by atoms with Crippen LogP contribution in [0.15, 0.2) is 0 Å². The molecular weight excluding hydrogens is 401 g/mol. The number of amides is 1. The molecule has 0 aromatic heterocycles. The van der Waals surface area contributed by atoms with Gasteiger partial charge in [-0.15, -0.1) is 0 Å². The molecule has 1 amide bonds. The number of sulfonamides is 1. The van der Waals surface area contributed by atoms with Crippen LogP contribution in [0.5, 0.6) is 0 Å². The molecule has 154 valence electrons. The molecule has 0 unspecified atom stereocenters. The third kappa shape index (κ3) is 3.77. The van der Waals surface area contributed by atoms with E-state index in [1.165, 1.54) is 0 Å². The summed E-state index contributed by atoms with van der Waals surface area (Å²) in [6.45, 7) is -0.409. The fourth-order valence-corrected chi connectivity index (χ4v) is 5.89. The number of hydrogen-bond donors (Lipinski definition) is 1. The number of rotatable bonds is 5. The minimum absolute atomic E-state index is 0.169. The van der Waals surface area contributed by atoms with Gasteiger partial charge in [-0.3, -0.25) is 4.79 Å². The Morgan fingerprint density at radius 2 is 1.41 bits per heavy atom. The molecule has 0 aromatic carbocycles. The van der Waals surface area contributed by atoms with Gasteiger partial charge in [0.05, 0.1) is 6.61 Å². The SMILES string of the molecule is O=C(NS(=O)(=O)C(F)(F)C(=O)OCC12CC3CC(CC(C3)C1)C2)C(F)(F)F. The highest BCUT2D eigenvalue weighted by Gasteiger charge is 2.59. The Morgan fingerprint density at radius 1 is 0.963 bits per heavy atom. The quantitative estimate of drug-likeness (QED) is 0.546. The van der Waals surface area contributed by atoms with Gasteiger partial charge in [0.15, 0.2) is 0 Å². The number of nitrogens with one attached hydrogen (secondary N) is 1. The van der Waals surface area contributed by atoms with Crippen LogP contribution in [-0.4, -0.2) is 38.3 Å². The van der Waals surface area contributed by atoms with Crippen molar-refractivity contribution in [3.8, 4) is 0 Å². The van der Waals surface area contributed by atoms with Crippen molar-refractivity contribution < 1.29 is 44.7 Å². The molecule has 0 radical (unpaired) electrons. The van der Waals surface area contributed by atoms with Gasteiger partial charge < -0.3 is 4.74 Å². The number of alkyl halides is 5. The Kier molecular flexibility index (Phi) is 4.72. The van der Waals surface area contributed by atoms with E-state index in [0.717, 1.165) is 19.3 Å². The predicted octanol–water partition coefficient (Wildman–Crippen LogP) is 2.35. The molecule has 4 saturated carbocycles. The summed E-state index contributed by atoms with van der Waals surface area (Å²) in [4.78, 5) is 22.3. The summed E-state index contributed by atoms with van der Waals surface area (Å²) in [5.74, 6) is -4.34. The van der Waals surface area contributed by atoms with E-state index in [9.17, 15) is 40.0 Å². The van der Waals surface area contributed by atoms with Crippen LogP contribution in [0, 0.1) is 23.2 Å². The van der Waals surface area contributed by atoms with Crippen LogP contribution in [0.1, 0.15) is 38.5 Å². The molecule has 0 heterocycles. The second-order valence-electron chi connectivity index (χ2n) is 7.94. The zero-order valence-electron chi connectivity index (χ0n) is 14.0. The average Bonchev–Trinajstić information content (AvgIpc) is 2.49. The Labute approximate surface area is 151 Å². The van der Waals surface area contributed by atoms with Gasteiger partial charge in [-0.1, -0.05) is 0 Å². The number of esters is 1. The minimum Gasteiger partial charge on any atom is -0.460 e. The molecule has 0 aromatic rings. The standard InChI is InChI=1S/C15H18F5NO5S/c16-14(17,18)11(22)21-27(24,25)15(19,20)12(23)26-7-13-4-8-1-9(5-13)3-10(2-8)6-13/h8-10H,1-7H2,(H,21,22). The smallest absolute Gasteiger partial charge is 0.460 e. The number of carbonyl (C=O) groups excluding carboxylic acids is 2. The lowest BCUT2D eigenvalue weighted by atomic mass is 9.50. The Hall–Kier alpha value is -1.46. The van der Waals surface area contributed by atoms with E-state index in [1.54, 1.807) is 0 Å². The van der Waals surface area contributed by atoms with Gasteiger partial charge in [-0.25, -0.2) is 9.52 Å². The lowest BCUT2D eigenvalue weighted by Crippen LogP contribution is -2.53. The lowest BCUT2D eigenvalue weighted by Gasteiger charge is -2.56. The summed E-state index contributed by atoms with van der Waals surface area (Å²) in [5.41, 5.74) is -0.487. The lowest BCUT2D eigenvalue weighted by molar-refractivity contribution is -0.173. The molecule has 4 aliphatic carbocycles. The van der Waals surface area contributed by atoms with Gasteiger partial charge in [-0.2, -0.15) is 30.4 Å². The van der Waals surface area contributed by atoms with E-state index in [1.807, 2.05) is 0 Å². The van der Waals surface area contributed by atoms with Gasteiger partial charge in [-0.05, 0) is 56.3 Å². The molecule has 1 N–H and O–H groups in total. The van der Waals surface area contributed by atoms with Crippen LogP contribution in [-0.2, 0) is 24.3 Å².